The van der Waals surface area contributed by atoms with Gasteiger partial charge in [-0.25, -0.2) is 8.42 Å². The molecular formula is C33H36BrN3O4S. The molecule has 0 aliphatic carbocycles. The van der Waals surface area contributed by atoms with Gasteiger partial charge in [-0.05, 0) is 48.1 Å². The molecular weight excluding hydrogens is 614 g/mol. The van der Waals surface area contributed by atoms with Gasteiger partial charge in [0.2, 0.25) is 21.8 Å². The molecule has 4 aromatic rings. The standard InChI is InChI=1S/C33H36BrN3O4S/c1-4-24(2)35-33(39)31(21-25-11-6-5-7-12-25)36(22-26-17-19-28(34)20-18-26)32(38)23-37(42(3,40)41)30-16-10-14-27-13-8-9-15-29(27)30/h5-20,24,31H,4,21-23H2,1-3H3,(H,35,39)/t24-,31-/m0/s1. The lowest BCUT2D eigenvalue weighted by Crippen LogP contribution is -2.54. The van der Waals surface area contributed by atoms with Gasteiger partial charge in [-0.1, -0.05) is 102 Å². The molecule has 0 saturated carbocycles. The first kappa shape index (κ1) is 31.3. The van der Waals surface area contributed by atoms with Gasteiger partial charge in [0, 0.05) is 28.9 Å². The third-order valence-electron chi connectivity index (χ3n) is 7.25. The molecule has 0 heterocycles. The van der Waals surface area contributed by atoms with Crippen LogP contribution in [-0.4, -0.2) is 50.0 Å². The molecule has 220 valence electrons. The number of hydrogen-bond donors (Lipinski definition) is 1. The van der Waals surface area contributed by atoms with Crippen LogP contribution in [0.3, 0.4) is 0 Å². The molecule has 0 spiro atoms. The maximum Gasteiger partial charge on any atom is 0.244 e. The molecule has 2 amide bonds. The van der Waals surface area contributed by atoms with Gasteiger partial charge >= 0.3 is 0 Å². The molecule has 0 bridgehead atoms. The minimum absolute atomic E-state index is 0.0939. The van der Waals surface area contributed by atoms with Crippen LogP contribution < -0.4 is 9.62 Å². The van der Waals surface area contributed by atoms with Crippen LogP contribution in [-0.2, 0) is 32.6 Å². The lowest BCUT2D eigenvalue weighted by Gasteiger charge is -2.34. The molecule has 0 aliphatic heterocycles. The van der Waals surface area contributed by atoms with Crippen LogP contribution in [0, 0.1) is 0 Å². The van der Waals surface area contributed by atoms with E-state index in [-0.39, 0.29) is 24.9 Å². The van der Waals surface area contributed by atoms with Crippen LogP contribution in [0.25, 0.3) is 10.8 Å². The Morgan fingerprint density at radius 2 is 1.50 bits per heavy atom. The van der Waals surface area contributed by atoms with Gasteiger partial charge in [0.05, 0.1) is 11.9 Å². The van der Waals surface area contributed by atoms with Crippen LogP contribution in [0.1, 0.15) is 31.4 Å². The van der Waals surface area contributed by atoms with E-state index in [9.17, 15) is 18.0 Å². The number of anilines is 1. The van der Waals surface area contributed by atoms with E-state index in [1.807, 2.05) is 98.8 Å². The highest BCUT2D eigenvalue weighted by atomic mass is 79.9. The van der Waals surface area contributed by atoms with Crippen molar-refractivity contribution < 1.29 is 18.0 Å². The summed E-state index contributed by atoms with van der Waals surface area (Å²) in [5.41, 5.74) is 2.12. The number of halogens is 1. The van der Waals surface area contributed by atoms with Crippen molar-refractivity contribution in [3.63, 3.8) is 0 Å². The molecule has 42 heavy (non-hydrogen) atoms. The van der Waals surface area contributed by atoms with E-state index < -0.39 is 28.5 Å². The van der Waals surface area contributed by atoms with Crippen molar-refractivity contribution in [3.8, 4) is 0 Å². The second-order valence-electron chi connectivity index (χ2n) is 10.4. The molecule has 0 saturated heterocycles. The quantitative estimate of drug-likeness (QED) is 0.206. The van der Waals surface area contributed by atoms with Crippen LogP contribution in [0.4, 0.5) is 5.69 Å². The molecule has 0 fully saturated rings. The summed E-state index contributed by atoms with van der Waals surface area (Å²) < 4.78 is 28.4. The van der Waals surface area contributed by atoms with Crippen molar-refractivity contribution >= 4 is 54.2 Å². The molecule has 0 unspecified atom stereocenters. The third-order valence-corrected chi connectivity index (χ3v) is 8.91. The zero-order chi connectivity index (χ0) is 30.3. The SMILES string of the molecule is CC[C@H](C)NC(=O)[C@H](Cc1ccccc1)N(Cc1ccc(Br)cc1)C(=O)CN(c1cccc2ccccc12)S(C)(=O)=O. The Morgan fingerprint density at radius 1 is 0.857 bits per heavy atom. The summed E-state index contributed by atoms with van der Waals surface area (Å²) in [6.45, 7) is 3.58. The fourth-order valence-electron chi connectivity index (χ4n) is 4.80. The van der Waals surface area contributed by atoms with Gasteiger partial charge in [-0.3, -0.25) is 13.9 Å². The van der Waals surface area contributed by atoms with Crippen molar-refractivity contribution in [2.45, 2.75) is 45.3 Å². The lowest BCUT2D eigenvalue weighted by molar-refractivity contribution is -0.140. The van der Waals surface area contributed by atoms with Gasteiger partial charge in [0.25, 0.3) is 0 Å². The van der Waals surface area contributed by atoms with Crippen molar-refractivity contribution in [1.29, 1.82) is 0 Å². The number of carbonyl (C=O) groups excluding carboxylic acids is 2. The second-order valence-corrected chi connectivity index (χ2v) is 13.3. The van der Waals surface area contributed by atoms with Crippen LogP contribution >= 0.6 is 15.9 Å². The molecule has 4 aromatic carbocycles. The van der Waals surface area contributed by atoms with E-state index in [0.29, 0.717) is 11.1 Å². The Hall–Kier alpha value is -3.69. The fraction of sp³-hybridized carbons (Fsp3) is 0.273. The van der Waals surface area contributed by atoms with E-state index >= 15 is 0 Å². The van der Waals surface area contributed by atoms with E-state index in [1.165, 1.54) is 4.90 Å². The minimum atomic E-state index is -3.87. The van der Waals surface area contributed by atoms with Crippen molar-refractivity contribution in [2.75, 3.05) is 17.1 Å². The first-order valence-electron chi connectivity index (χ1n) is 13.9. The third kappa shape index (κ3) is 7.98. The molecule has 1 N–H and O–H groups in total. The summed E-state index contributed by atoms with van der Waals surface area (Å²) in [6.07, 6.45) is 2.10. The van der Waals surface area contributed by atoms with Crippen LogP contribution in [0.2, 0.25) is 0 Å². The number of sulfonamides is 1. The zero-order valence-corrected chi connectivity index (χ0v) is 26.4. The van der Waals surface area contributed by atoms with Crippen LogP contribution in [0.5, 0.6) is 0 Å². The number of hydrogen-bond acceptors (Lipinski definition) is 4. The Balaban J connectivity index is 1.78. The first-order valence-corrected chi connectivity index (χ1v) is 16.5. The Morgan fingerprint density at radius 3 is 2.17 bits per heavy atom. The highest BCUT2D eigenvalue weighted by Gasteiger charge is 2.33. The highest BCUT2D eigenvalue weighted by molar-refractivity contribution is 9.10. The maximum atomic E-state index is 14.3. The Bertz CT molecular complexity index is 1620. The van der Waals surface area contributed by atoms with Gasteiger partial charge in [-0.15, -0.1) is 0 Å². The van der Waals surface area contributed by atoms with E-state index in [2.05, 4.69) is 21.2 Å². The second kappa shape index (κ2) is 14.0. The molecule has 0 aliphatic rings. The monoisotopic (exact) mass is 649 g/mol. The number of benzene rings is 4. The van der Waals surface area contributed by atoms with Crippen molar-refractivity contribution in [3.05, 3.63) is 113 Å². The van der Waals surface area contributed by atoms with Gasteiger partial charge in [0.1, 0.15) is 12.6 Å². The smallest absolute Gasteiger partial charge is 0.244 e. The highest BCUT2D eigenvalue weighted by Crippen LogP contribution is 2.29. The molecule has 0 radical (unpaired) electrons. The number of nitrogens with zero attached hydrogens (tertiary/aromatic N) is 2. The minimum Gasteiger partial charge on any atom is -0.352 e. The number of fused-ring (bicyclic) bond motifs is 1. The number of amides is 2. The molecule has 0 aromatic heterocycles. The number of rotatable bonds is 12. The normalized spacial score (nSPS) is 12.9. The van der Waals surface area contributed by atoms with Crippen LogP contribution in [0.15, 0.2) is 102 Å². The van der Waals surface area contributed by atoms with E-state index in [0.717, 1.165) is 38.0 Å². The summed E-state index contributed by atoms with van der Waals surface area (Å²) in [6, 6.07) is 28.9. The average molecular weight is 651 g/mol. The van der Waals surface area contributed by atoms with Crippen molar-refractivity contribution in [1.82, 2.24) is 10.2 Å². The predicted molar refractivity (Wildman–Crippen MR) is 173 cm³/mol. The van der Waals surface area contributed by atoms with Gasteiger partial charge in [-0.2, -0.15) is 0 Å². The number of carbonyl (C=O) groups is 2. The maximum absolute atomic E-state index is 14.3. The summed E-state index contributed by atoms with van der Waals surface area (Å²) in [5.74, 6) is -0.758. The first-order chi connectivity index (χ1) is 20.1. The van der Waals surface area contributed by atoms with E-state index in [1.54, 1.807) is 12.1 Å². The summed E-state index contributed by atoms with van der Waals surface area (Å²) in [4.78, 5) is 29.6. The van der Waals surface area contributed by atoms with E-state index in [4.69, 9.17) is 0 Å². The van der Waals surface area contributed by atoms with Crippen molar-refractivity contribution in [2.24, 2.45) is 0 Å². The average Bonchev–Trinajstić information content (AvgIpc) is 2.98. The molecule has 4 rings (SSSR count). The fourth-order valence-corrected chi connectivity index (χ4v) is 5.93. The summed E-state index contributed by atoms with van der Waals surface area (Å²) in [5, 5.41) is 4.62. The Kier molecular flexibility index (Phi) is 10.4. The molecule has 9 heteroatoms. The lowest BCUT2D eigenvalue weighted by atomic mass is 10.0. The summed E-state index contributed by atoms with van der Waals surface area (Å²) >= 11 is 3.45. The summed E-state index contributed by atoms with van der Waals surface area (Å²) in [7, 11) is -3.87. The van der Waals surface area contributed by atoms with Gasteiger partial charge in [0.15, 0.2) is 0 Å². The topological polar surface area (TPSA) is 86.8 Å². The van der Waals surface area contributed by atoms with Gasteiger partial charge < -0.3 is 10.2 Å². The largest absolute Gasteiger partial charge is 0.352 e. The number of nitrogens with one attached hydrogen (secondary N) is 1. The Labute approximate surface area is 256 Å². The molecule has 7 nitrogen and oxygen atoms in total. The zero-order valence-electron chi connectivity index (χ0n) is 24.0. The molecule has 2 atom stereocenters. The predicted octanol–water partition coefficient (Wildman–Crippen LogP) is 5.92.